The molecule has 1 atom stereocenters. The first kappa shape index (κ1) is 9.97. The Labute approximate surface area is 85.6 Å². The summed E-state index contributed by atoms with van der Waals surface area (Å²) in [7, 11) is 0. The van der Waals surface area contributed by atoms with E-state index in [2.05, 4.69) is 6.92 Å². The average molecular weight is 196 g/mol. The highest BCUT2D eigenvalue weighted by molar-refractivity contribution is 5.82. The van der Waals surface area contributed by atoms with Crippen LogP contribution in [0.1, 0.15) is 39.0 Å². The Morgan fingerprint density at radius 2 is 2.21 bits per heavy atom. The molecule has 1 unspecified atom stereocenters. The summed E-state index contributed by atoms with van der Waals surface area (Å²) in [6.07, 6.45) is 5.80. The van der Waals surface area contributed by atoms with Crippen molar-refractivity contribution in [1.29, 1.82) is 0 Å². The number of likely N-dealkylation sites (tertiary alicyclic amines) is 1. The Bertz CT molecular complexity index is 235. The van der Waals surface area contributed by atoms with E-state index in [0.717, 1.165) is 25.9 Å². The monoisotopic (exact) mass is 196 g/mol. The third-order valence-electron chi connectivity index (χ3n) is 3.71. The number of amides is 1. The quantitative estimate of drug-likeness (QED) is 0.719. The third kappa shape index (κ3) is 1.78. The van der Waals surface area contributed by atoms with Crippen molar-refractivity contribution in [3.05, 3.63) is 0 Å². The first-order valence-corrected chi connectivity index (χ1v) is 5.65. The van der Waals surface area contributed by atoms with Crippen molar-refractivity contribution in [2.75, 3.05) is 13.1 Å². The molecule has 1 saturated heterocycles. The van der Waals surface area contributed by atoms with Crippen LogP contribution in [-0.4, -0.2) is 29.9 Å². The van der Waals surface area contributed by atoms with Gasteiger partial charge < -0.3 is 10.6 Å². The molecule has 2 fully saturated rings. The van der Waals surface area contributed by atoms with Crippen molar-refractivity contribution in [2.45, 2.75) is 45.1 Å². The zero-order valence-corrected chi connectivity index (χ0v) is 8.96. The number of carbonyl (C=O) groups excluding carboxylic acids is 1. The Hall–Kier alpha value is -0.570. The van der Waals surface area contributed by atoms with E-state index in [1.54, 1.807) is 0 Å². The molecule has 1 heterocycles. The second kappa shape index (κ2) is 3.54. The molecule has 0 aromatic heterocycles. The van der Waals surface area contributed by atoms with Gasteiger partial charge in [0.05, 0.1) is 6.04 Å². The molecule has 1 aliphatic carbocycles. The lowest BCUT2D eigenvalue weighted by atomic mass is 9.70. The predicted molar refractivity (Wildman–Crippen MR) is 55.7 cm³/mol. The molecular weight excluding hydrogens is 176 g/mol. The van der Waals surface area contributed by atoms with E-state index in [1.165, 1.54) is 19.3 Å². The third-order valence-corrected chi connectivity index (χ3v) is 3.71. The van der Waals surface area contributed by atoms with Crippen LogP contribution in [0, 0.1) is 5.41 Å². The van der Waals surface area contributed by atoms with Crippen molar-refractivity contribution in [3.63, 3.8) is 0 Å². The maximum atomic E-state index is 11.7. The molecule has 0 bridgehead atoms. The first-order chi connectivity index (χ1) is 6.61. The van der Waals surface area contributed by atoms with Gasteiger partial charge in [-0.25, -0.2) is 0 Å². The summed E-state index contributed by atoms with van der Waals surface area (Å²) in [4.78, 5) is 13.7. The van der Waals surface area contributed by atoms with Gasteiger partial charge in [-0.1, -0.05) is 13.3 Å². The van der Waals surface area contributed by atoms with Gasteiger partial charge in [0.2, 0.25) is 5.91 Å². The minimum atomic E-state index is -0.229. The SMILES string of the molecule is CC1(CN2CCCC(N)C2=O)CCC1. The Morgan fingerprint density at radius 3 is 2.79 bits per heavy atom. The van der Waals surface area contributed by atoms with Crippen LogP contribution < -0.4 is 5.73 Å². The number of nitrogens with two attached hydrogens (primary N) is 1. The molecule has 0 radical (unpaired) electrons. The number of hydrogen-bond acceptors (Lipinski definition) is 2. The van der Waals surface area contributed by atoms with Crippen molar-refractivity contribution in [2.24, 2.45) is 11.1 Å². The van der Waals surface area contributed by atoms with Crippen LogP contribution >= 0.6 is 0 Å². The fraction of sp³-hybridized carbons (Fsp3) is 0.909. The minimum absolute atomic E-state index is 0.171. The molecule has 1 aliphatic heterocycles. The molecule has 0 aromatic carbocycles. The van der Waals surface area contributed by atoms with Crippen LogP contribution in [0.25, 0.3) is 0 Å². The maximum Gasteiger partial charge on any atom is 0.239 e. The van der Waals surface area contributed by atoms with Gasteiger partial charge >= 0.3 is 0 Å². The molecular formula is C11H20N2O. The maximum absolute atomic E-state index is 11.7. The number of carbonyl (C=O) groups is 1. The summed E-state index contributed by atoms with van der Waals surface area (Å²) in [5.41, 5.74) is 6.15. The molecule has 2 N–H and O–H groups in total. The van der Waals surface area contributed by atoms with Gasteiger partial charge in [-0.3, -0.25) is 4.79 Å². The lowest BCUT2D eigenvalue weighted by Gasteiger charge is -2.44. The van der Waals surface area contributed by atoms with E-state index in [0.29, 0.717) is 5.41 Å². The number of piperidine rings is 1. The highest BCUT2D eigenvalue weighted by Crippen LogP contribution is 2.41. The van der Waals surface area contributed by atoms with E-state index < -0.39 is 0 Å². The summed E-state index contributed by atoms with van der Waals surface area (Å²) in [5.74, 6) is 0.171. The summed E-state index contributed by atoms with van der Waals surface area (Å²) >= 11 is 0. The summed E-state index contributed by atoms with van der Waals surface area (Å²) in [5, 5.41) is 0. The predicted octanol–water partition coefficient (Wildman–Crippen LogP) is 1.13. The molecule has 0 aromatic rings. The van der Waals surface area contributed by atoms with Crippen LogP contribution in [0.4, 0.5) is 0 Å². The normalized spacial score (nSPS) is 31.4. The average Bonchev–Trinajstić information content (AvgIpc) is 2.10. The number of nitrogens with zero attached hydrogens (tertiary/aromatic N) is 1. The molecule has 2 rings (SSSR count). The second-order valence-corrected chi connectivity index (χ2v) is 5.17. The summed E-state index contributed by atoms with van der Waals surface area (Å²) in [6.45, 7) is 4.13. The molecule has 0 spiro atoms. The van der Waals surface area contributed by atoms with E-state index in [9.17, 15) is 4.79 Å². The van der Waals surface area contributed by atoms with E-state index in [4.69, 9.17) is 5.73 Å². The minimum Gasteiger partial charge on any atom is -0.341 e. The summed E-state index contributed by atoms with van der Waals surface area (Å²) < 4.78 is 0. The molecule has 3 heteroatoms. The van der Waals surface area contributed by atoms with Crippen LogP contribution in [0.15, 0.2) is 0 Å². The Balaban J connectivity index is 1.93. The highest BCUT2D eigenvalue weighted by atomic mass is 16.2. The zero-order valence-electron chi connectivity index (χ0n) is 8.96. The van der Waals surface area contributed by atoms with Gasteiger partial charge in [0.15, 0.2) is 0 Å². The van der Waals surface area contributed by atoms with Gasteiger partial charge in [0, 0.05) is 13.1 Å². The van der Waals surface area contributed by atoms with Gasteiger partial charge in [0.1, 0.15) is 0 Å². The lowest BCUT2D eigenvalue weighted by molar-refractivity contribution is -0.137. The van der Waals surface area contributed by atoms with Gasteiger partial charge in [-0.05, 0) is 31.1 Å². The van der Waals surface area contributed by atoms with Crippen LogP contribution in [0.5, 0.6) is 0 Å². The molecule has 14 heavy (non-hydrogen) atoms. The smallest absolute Gasteiger partial charge is 0.239 e. The zero-order chi connectivity index (χ0) is 10.2. The Kier molecular flexibility index (Phi) is 2.52. The van der Waals surface area contributed by atoms with Crippen LogP contribution in [-0.2, 0) is 4.79 Å². The number of rotatable bonds is 2. The van der Waals surface area contributed by atoms with Crippen molar-refractivity contribution in [1.82, 2.24) is 4.90 Å². The fourth-order valence-corrected chi connectivity index (χ4v) is 2.53. The topological polar surface area (TPSA) is 46.3 Å². The first-order valence-electron chi connectivity index (χ1n) is 5.65. The standard InChI is InChI=1S/C11H20N2O/c1-11(5-3-6-11)8-13-7-2-4-9(12)10(13)14/h9H,2-8,12H2,1H3. The Morgan fingerprint density at radius 1 is 1.50 bits per heavy atom. The molecule has 2 aliphatic rings. The highest BCUT2D eigenvalue weighted by Gasteiger charge is 2.36. The second-order valence-electron chi connectivity index (χ2n) is 5.17. The van der Waals surface area contributed by atoms with Crippen molar-refractivity contribution in [3.8, 4) is 0 Å². The fourth-order valence-electron chi connectivity index (χ4n) is 2.53. The number of hydrogen-bond donors (Lipinski definition) is 1. The molecule has 80 valence electrons. The van der Waals surface area contributed by atoms with Crippen molar-refractivity contribution >= 4 is 5.91 Å². The van der Waals surface area contributed by atoms with Gasteiger partial charge in [-0.15, -0.1) is 0 Å². The molecule has 3 nitrogen and oxygen atoms in total. The van der Waals surface area contributed by atoms with Crippen LogP contribution in [0.3, 0.4) is 0 Å². The largest absolute Gasteiger partial charge is 0.341 e. The van der Waals surface area contributed by atoms with E-state index in [1.807, 2.05) is 4.90 Å². The van der Waals surface area contributed by atoms with E-state index in [-0.39, 0.29) is 11.9 Å². The van der Waals surface area contributed by atoms with Gasteiger partial charge in [-0.2, -0.15) is 0 Å². The van der Waals surface area contributed by atoms with Crippen LogP contribution in [0.2, 0.25) is 0 Å². The van der Waals surface area contributed by atoms with E-state index >= 15 is 0 Å². The van der Waals surface area contributed by atoms with Gasteiger partial charge in [0.25, 0.3) is 0 Å². The molecule has 1 amide bonds. The lowest BCUT2D eigenvalue weighted by Crippen LogP contribution is -2.52. The summed E-state index contributed by atoms with van der Waals surface area (Å²) in [6, 6.07) is -0.229. The molecule has 1 saturated carbocycles. The van der Waals surface area contributed by atoms with Crippen molar-refractivity contribution < 1.29 is 4.79 Å².